The summed E-state index contributed by atoms with van der Waals surface area (Å²) in [7, 11) is 0. The fourth-order valence-corrected chi connectivity index (χ4v) is 4.81. The molecule has 148 valence electrons. The molecule has 5 heteroatoms. The summed E-state index contributed by atoms with van der Waals surface area (Å²) in [6.45, 7) is 7.73. The smallest absolute Gasteiger partial charge is 0.338 e. The second-order valence-electron chi connectivity index (χ2n) is 9.01. The van der Waals surface area contributed by atoms with Crippen LogP contribution in [-0.2, 0) is 4.74 Å². The molecule has 1 aromatic carbocycles. The molecular weight excluding hydrogens is 344 g/mol. The van der Waals surface area contributed by atoms with Gasteiger partial charge >= 0.3 is 5.97 Å². The fraction of sp³-hybridized carbons (Fsp3) is 0.591. The number of ether oxygens (including phenoxy) is 1. The summed E-state index contributed by atoms with van der Waals surface area (Å²) >= 11 is 0. The minimum absolute atomic E-state index is 0.00403. The number of benzene rings is 1. The van der Waals surface area contributed by atoms with Crippen LogP contribution in [0.15, 0.2) is 36.4 Å². The molecule has 1 fully saturated rings. The number of aliphatic hydroxyl groups is 2. The molecule has 5 nitrogen and oxygen atoms in total. The first-order valence-corrected chi connectivity index (χ1v) is 9.62. The van der Waals surface area contributed by atoms with E-state index in [2.05, 4.69) is 6.92 Å². The Balaban J connectivity index is 1.97. The van der Waals surface area contributed by atoms with E-state index in [-0.39, 0.29) is 29.4 Å². The number of phenolic OH excluding ortho intramolecular Hbond substituents is 1. The summed E-state index contributed by atoms with van der Waals surface area (Å²) in [6.07, 6.45) is 4.77. The van der Waals surface area contributed by atoms with Crippen molar-refractivity contribution < 1.29 is 24.9 Å². The molecule has 0 unspecified atom stereocenters. The van der Waals surface area contributed by atoms with E-state index in [0.29, 0.717) is 12.0 Å². The van der Waals surface area contributed by atoms with Crippen molar-refractivity contribution in [3.63, 3.8) is 0 Å². The van der Waals surface area contributed by atoms with E-state index in [4.69, 9.17) is 4.74 Å². The topological polar surface area (TPSA) is 87.0 Å². The van der Waals surface area contributed by atoms with Gasteiger partial charge in [-0.2, -0.15) is 0 Å². The van der Waals surface area contributed by atoms with Crippen molar-refractivity contribution in [1.29, 1.82) is 0 Å². The maximum absolute atomic E-state index is 12.7. The van der Waals surface area contributed by atoms with Crippen molar-refractivity contribution in [2.75, 3.05) is 0 Å². The number of esters is 1. The second kappa shape index (κ2) is 6.64. The van der Waals surface area contributed by atoms with Crippen LogP contribution in [-0.4, -0.2) is 38.6 Å². The molecule has 0 saturated heterocycles. The van der Waals surface area contributed by atoms with Crippen molar-refractivity contribution in [3.05, 3.63) is 42.0 Å². The lowest BCUT2D eigenvalue weighted by molar-refractivity contribution is -0.116. The van der Waals surface area contributed by atoms with Gasteiger partial charge in [-0.15, -0.1) is 0 Å². The summed E-state index contributed by atoms with van der Waals surface area (Å²) in [5.74, 6) is -0.754. The van der Waals surface area contributed by atoms with Crippen molar-refractivity contribution in [1.82, 2.24) is 0 Å². The number of carbonyl (C=O) groups is 1. The summed E-state index contributed by atoms with van der Waals surface area (Å²) in [6, 6.07) is 5.89. The Bertz CT molecular complexity index is 736. The van der Waals surface area contributed by atoms with Gasteiger partial charge in [0.05, 0.1) is 16.8 Å². The van der Waals surface area contributed by atoms with E-state index in [1.807, 2.05) is 19.9 Å². The zero-order chi connectivity index (χ0) is 20.0. The molecular formula is C22H30O5. The average Bonchev–Trinajstić information content (AvgIpc) is 2.80. The molecule has 0 bridgehead atoms. The summed E-state index contributed by atoms with van der Waals surface area (Å²) < 4.78 is 5.88. The van der Waals surface area contributed by atoms with Crippen molar-refractivity contribution in [3.8, 4) is 5.75 Å². The second-order valence-corrected chi connectivity index (χ2v) is 9.01. The van der Waals surface area contributed by atoms with E-state index in [1.165, 1.54) is 24.3 Å². The van der Waals surface area contributed by atoms with Crippen LogP contribution < -0.4 is 0 Å². The number of hydrogen-bond acceptors (Lipinski definition) is 5. The molecule has 0 spiro atoms. The van der Waals surface area contributed by atoms with Gasteiger partial charge in [-0.05, 0) is 55.4 Å². The van der Waals surface area contributed by atoms with Crippen LogP contribution in [0.1, 0.15) is 57.3 Å². The maximum Gasteiger partial charge on any atom is 0.338 e. The minimum atomic E-state index is -1.12. The Morgan fingerprint density at radius 3 is 2.33 bits per heavy atom. The Hall–Kier alpha value is -1.85. The molecule has 1 aromatic rings. The number of phenols is 1. The van der Waals surface area contributed by atoms with Crippen LogP contribution in [0.25, 0.3) is 0 Å². The molecule has 0 aliphatic heterocycles. The van der Waals surface area contributed by atoms with Crippen molar-refractivity contribution in [2.45, 2.75) is 64.3 Å². The number of carbonyl (C=O) groups excluding carboxylic acids is 1. The zero-order valence-electron chi connectivity index (χ0n) is 16.5. The summed E-state index contributed by atoms with van der Waals surface area (Å²) in [5, 5.41) is 31.6. The predicted octanol–water partition coefficient (Wildman–Crippen LogP) is 3.43. The van der Waals surface area contributed by atoms with E-state index in [1.54, 1.807) is 13.0 Å². The number of fused-ring (bicyclic) bond motifs is 1. The predicted molar refractivity (Wildman–Crippen MR) is 102 cm³/mol. The molecule has 3 N–H and O–H groups in total. The molecule has 27 heavy (non-hydrogen) atoms. The molecule has 0 aromatic heterocycles. The lowest BCUT2D eigenvalue weighted by atomic mass is 9.68. The Labute approximate surface area is 160 Å². The third kappa shape index (κ3) is 3.63. The van der Waals surface area contributed by atoms with Gasteiger partial charge in [0.2, 0.25) is 0 Å². The van der Waals surface area contributed by atoms with E-state index in [0.717, 1.165) is 6.42 Å². The van der Waals surface area contributed by atoms with E-state index in [9.17, 15) is 20.1 Å². The zero-order valence-corrected chi connectivity index (χ0v) is 16.5. The maximum atomic E-state index is 12.7. The Morgan fingerprint density at radius 1 is 1.11 bits per heavy atom. The third-order valence-electron chi connectivity index (χ3n) is 6.48. The van der Waals surface area contributed by atoms with Gasteiger partial charge in [0.15, 0.2) is 0 Å². The number of rotatable bonds is 3. The van der Waals surface area contributed by atoms with Crippen LogP contribution in [0.3, 0.4) is 0 Å². The van der Waals surface area contributed by atoms with Crippen LogP contribution in [0, 0.1) is 17.3 Å². The van der Waals surface area contributed by atoms with Gasteiger partial charge in [-0.3, -0.25) is 0 Å². The van der Waals surface area contributed by atoms with Gasteiger partial charge in [0, 0.05) is 12.3 Å². The Kier molecular flexibility index (Phi) is 4.89. The molecule has 0 amide bonds. The van der Waals surface area contributed by atoms with Crippen LogP contribution in [0.5, 0.6) is 5.75 Å². The largest absolute Gasteiger partial charge is 0.508 e. The molecule has 2 aliphatic carbocycles. The average molecular weight is 374 g/mol. The highest BCUT2D eigenvalue weighted by molar-refractivity contribution is 5.89. The van der Waals surface area contributed by atoms with Crippen LogP contribution >= 0.6 is 0 Å². The van der Waals surface area contributed by atoms with Gasteiger partial charge < -0.3 is 20.1 Å². The van der Waals surface area contributed by atoms with Gasteiger partial charge in [0.1, 0.15) is 11.9 Å². The summed E-state index contributed by atoms with van der Waals surface area (Å²) in [4.78, 5) is 12.7. The van der Waals surface area contributed by atoms with Crippen LogP contribution in [0.2, 0.25) is 0 Å². The van der Waals surface area contributed by atoms with Crippen LogP contribution in [0.4, 0.5) is 0 Å². The van der Waals surface area contributed by atoms with Gasteiger partial charge in [0.25, 0.3) is 0 Å². The lowest BCUT2D eigenvalue weighted by Gasteiger charge is -2.43. The molecule has 3 rings (SSSR count). The molecule has 2 aliphatic rings. The molecule has 5 atom stereocenters. The molecule has 0 heterocycles. The quantitative estimate of drug-likeness (QED) is 0.557. The highest BCUT2D eigenvalue weighted by Gasteiger charge is 2.60. The van der Waals surface area contributed by atoms with E-state index >= 15 is 0 Å². The first-order chi connectivity index (χ1) is 12.5. The standard InChI is InChI=1S/C22H30O5/c1-14(2)22(26)12-10-20(3)9-11-21(4,25)13-17(18(20)22)27-19(24)15-5-7-16(23)8-6-15/h5-9,11,14,17-18,23,25-26H,10,12-13H2,1-4H3/t17-,18+,20+,21-,22+/m0/s1. The minimum Gasteiger partial charge on any atom is -0.508 e. The normalized spacial score (nSPS) is 38.5. The highest BCUT2D eigenvalue weighted by atomic mass is 16.5. The molecule has 1 saturated carbocycles. The Morgan fingerprint density at radius 2 is 1.74 bits per heavy atom. The summed E-state index contributed by atoms with van der Waals surface area (Å²) in [5.41, 5.74) is -2.12. The first-order valence-electron chi connectivity index (χ1n) is 9.62. The SMILES string of the molecule is CC(C)[C@]1(O)CC[C@@]2(C)C=C[C@](C)(O)C[C@H](OC(=O)c3ccc(O)cc3)[C@@H]12. The monoisotopic (exact) mass is 374 g/mol. The van der Waals surface area contributed by atoms with Gasteiger partial charge in [-0.1, -0.05) is 32.9 Å². The van der Waals surface area contributed by atoms with E-state index < -0.39 is 23.3 Å². The third-order valence-corrected chi connectivity index (χ3v) is 6.48. The molecule has 0 radical (unpaired) electrons. The van der Waals surface area contributed by atoms with Gasteiger partial charge in [-0.25, -0.2) is 4.79 Å². The fourth-order valence-electron chi connectivity index (χ4n) is 4.81. The van der Waals surface area contributed by atoms with Crippen molar-refractivity contribution >= 4 is 5.97 Å². The van der Waals surface area contributed by atoms with Crippen molar-refractivity contribution in [2.24, 2.45) is 17.3 Å². The number of aromatic hydroxyl groups is 1. The lowest BCUT2D eigenvalue weighted by Crippen LogP contribution is -2.51. The number of allylic oxidation sites excluding steroid dienone is 1. The highest BCUT2D eigenvalue weighted by Crippen LogP contribution is 2.57. The number of hydrogen-bond donors (Lipinski definition) is 3. The first kappa shape index (κ1) is 19.9.